The summed E-state index contributed by atoms with van der Waals surface area (Å²) in [6.45, 7) is 0. The van der Waals surface area contributed by atoms with E-state index in [4.69, 9.17) is 6.42 Å². The van der Waals surface area contributed by atoms with Gasteiger partial charge in [-0.25, -0.2) is 4.98 Å². The van der Waals surface area contributed by atoms with Gasteiger partial charge in [0.1, 0.15) is 5.52 Å². The molecule has 18 heavy (non-hydrogen) atoms. The van der Waals surface area contributed by atoms with Crippen LogP contribution in [0.3, 0.4) is 0 Å². The molecule has 88 valence electrons. The lowest BCUT2D eigenvalue weighted by Gasteiger charge is -1.97. The molecule has 2 aromatic heterocycles. The van der Waals surface area contributed by atoms with Gasteiger partial charge in [0.05, 0.1) is 11.3 Å². The Labute approximate surface area is 108 Å². The lowest BCUT2D eigenvalue weighted by atomic mass is 10.2. The maximum Gasteiger partial charge on any atom is 0.212 e. The van der Waals surface area contributed by atoms with E-state index in [0.717, 1.165) is 22.1 Å². The number of terminal acetylenes is 1. The van der Waals surface area contributed by atoms with Crippen LogP contribution in [0.15, 0.2) is 29.4 Å². The molecule has 3 rings (SSSR count). The maximum absolute atomic E-state index is 5.23. The van der Waals surface area contributed by atoms with E-state index in [1.165, 1.54) is 11.8 Å². The van der Waals surface area contributed by atoms with Crippen molar-refractivity contribution in [3.63, 3.8) is 0 Å². The Bertz CT molecular complexity index is 770. The van der Waals surface area contributed by atoms with Crippen LogP contribution in [0.4, 0.5) is 0 Å². The average molecular weight is 254 g/mol. The third-order valence-electron chi connectivity index (χ3n) is 2.77. The van der Waals surface area contributed by atoms with Gasteiger partial charge in [-0.15, -0.1) is 16.6 Å². The molecule has 0 amide bonds. The third kappa shape index (κ3) is 1.62. The minimum absolute atomic E-state index is 0.553. The van der Waals surface area contributed by atoms with Crippen molar-refractivity contribution in [3.05, 3.63) is 24.3 Å². The summed E-state index contributed by atoms with van der Waals surface area (Å²) < 4.78 is 2.03. The van der Waals surface area contributed by atoms with Gasteiger partial charge >= 0.3 is 0 Å². The second kappa shape index (κ2) is 4.31. The highest BCUT2D eigenvalue weighted by molar-refractivity contribution is 7.99. The summed E-state index contributed by atoms with van der Waals surface area (Å²) in [5.41, 5.74) is 2.78. The van der Waals surface area contributed by atoms with E-state index in [9.17, 15) is 0 Å². The van der Waals surface area contributed by atoms with Crippen molar-refractivity contribution < 1.29 is 0 Å². The van der Waals surface area contributed by atoms with Crippen molar-refractivity contribution in [2.45, 2.75) is 5.16 Å². The number of para-hydroxylation sites is 1. The van der Waals surface area contributed by atoms with Crippen LogP contribution in [0, 0.1) is 12.3 Å². The van der Waals surface area contributed by atoms with Gasteiger partial charge in [0, 0.05) is 12.4 Å². The van der Waals surface area contributed by atoms with Gasteiger partial charge < -0.3 is 4.57 Å². The second-order valence-electron chi connectivity index (χ2n) is 3.84. The molecule has 0 aliphatic carbocycles. The van der Waals surface area contributed by atoms with E-state index in [-0.39, 0.29) is 0 Å². The van der Waals surface area contributed by atoms with Gasteiger partial charge in [-0.05, 0) is 6.07 Å². The molecule has 0 radical (unpaired) electrons. The molecule has 0 saturated heterocycles. The van der Waals surface area contributed by atoms with Crippen LogP contribution in [0.2, 0.25) is 0 Å². The minimum Gasteiger partial charge on any atom is -0.327 e. The average Bonchev–Trinajstić information content (AvgIpc) is 2.71. The zero-order valence-electron chi connectivity index (χ0n) is 9.79. The molecule has 0 unspecified atom stereocenters. The summed E-state index contributed by atoms with van der Waals surface area (Å²) in [5.74, 6) is 3.11. The number of nitrogens with zero attached hydrogens (tertiary/aromatic N) is 4. The SMILES string of the molecule is C#CCSc1nnc2c3ccccc3n(C)c2n1. The summed E-state index contributed by atoms with van der Waals surface area (Å²) in [5, 5.41) is 10.1. The highest BCUT2D eigenvalue weighted by atomic mass is 32.2. The van der Waals surface area contributed by atoms with E-state index in [1.807, 2.05) is 35.9 Å². The van der Waals surface area contributed by atoms with E-state index in [1.54, 1.807) is 0 Å². The maximum atomic E-state index is 5.23. The molecule has 0 bridgehead atoms. The quantitative estimate of drug-likeness (QED) is 0.519. The molecule has 0 atom stereocenters. The molecule has 0 N–H and O–H groups in total. The van der Waals surface area contributed by atoms with Crippen molar-refractivity contribution in [1.29, 1.82) is 0 Å². The van der Waals surface area contributed by atoms with E-state index < -0.39 is 0 Å². The predicted molar refractivity (Wildman–Crippen MR) is 73.4 cm³/mol. The second-order valence-corrected chi connectivity index (χ2v) is 4.78. The van der Waals surface area contributed by atoms with Crippen molar-refractivity contribution >= 4 is 33.8 Å². The Hall–Kier alpha value is -2.06. The van der Waals surface area contributed by atoms with Gasteiger partial charge in [-0.1, -0.05) is 35.9 Å². The van der Waals surface area contributed by atoms with Crippen LogP contribution < -0.4 is 0 Å². The van der Waals surface area contributed by atoms with Gasteiger partial charge in [0.2, 0.25) is 5.16 Å². The smallest absolute Gasteiger partial charge is 0.212 e. The highest BCUT2D eigenvalue weighted by Crippen LogP contribution is 2.25. The van der Waals surface area contributed by atoms with Gasteiger partial charge in [0.25, 0.3) is 0 Å². The number of hydrogen-bond acceptors (Lipinski definition) is 4. The Balaban J connectivity index is 2.25. The molecule has 5 heteroatoms. The molecular formula is C13H10N4S. The van der Waals surface area contributed by atoms with E-state index in [0.29, 0.717) is 10.9 Å². The topological polar surface area (TPSA) is 43.6 Å². The third-order valence-corrected chi connectivity index (χ3v) is 3.51. The Kier molecular flexibility index (Phi) is 2.65. The largest absolute Gasteiger partial charge is 0.327 e. The van der Waals surface area contributed by atoms with Gasteiger partial charge in [-0.2, -0.15) is 0 Å². The van der Waals surface area contributed by atoms with Crippen LogP contribution in [-0.4, -0.2) is 25.5 Å². The van der Waals surface area contributed by atoms with Crippen molar-refractivity contribution in [1.82, 2.24) is 19.7 Å². The normalized spacial score (nSPS) is 10.9. The molecule has 4 nitrogen and oxygen atoms in total. The molecule has 0 aliphatic rings. The van der Waals surface area contributed by atoms with Crippen LogP contribution >= 0.6 is 11.8 Å². The summed E-state index contributed by atoms with van der Waals surface area (Å²) in [6, 6.07) is 8.07. The fourth-order valence-electron chi connectivity index (χ4n) is 1.96. The standard InChI is InChI=1S/C13H10N4S/c1-3-8-18-13-14-12-11(15-16-13)9-6-4-5-7-10(9)17(12)2/h1,4-7H,8H2,2H3. The van der Waals surface area contributed by atoms with Crippen molar-refractivity contribution in [3.8, 4) is 12.3 Å². The molecule has 2 heterocycles. The molecule has 0 saturated carbocycles. The molecule has 0 fully saturated rings. The molecule has 0 spiro atoms. The Morgan fingerprint density at radius 3 is 3.00 bits per heavy atom. The first-order valence-corrected chi connectivity index (χ1v) is 6.44. The zero-order chi connectivity index (χ0) is 12.5. The number of thioether (sulfide) groups is 1. The van der Waals surface area contributed by atoms with Gasteiger partial charge in [-0.3, -0.25) is 0 Å². The lowest BCUT2D eigenvalue weighted by Crippen LogP contribution is -1.95. The summed E-state index contributed by atoms with van der Waals surface area (Å²) in [6.07, 6.45) is 5.23. The number of fused-ring (bicyclic) bond motifs is 3. The fraction of sp³-hybridized carbons (Fsp3) is 0.154. The number of hydrogen-bond donors (Lipinski definition) is 0. The van der Waals surface area contributed by atoms with Gasteiger partial charge in [0.15, 0.2) is 5.65 Å². The van der Waals surface area contributed by atoms with Crippen molar-refractivity contribution in [2.24, 2.45) is 7.05 Å². The first-order valence-electron chi connectivity index (χ1n) is 5.45. The first-order chi connectivity index (χ1) is 8.81. The first kappa shape index (κ1) is 11.1. The highest BCUT2D eigenvalue weighted by Gasteiger charge is 2.11. The molecule has 1 aromatic carbocycles. The van der Waals surface area contributed by atoms with Crippen LogP contribution in [0.25, 0.3) is 22.1 Å². The monoisotopic (exact) mass is 254 g/mol. The summed E-state index contributed by atoms with van der Waals surface area (Å²) in [7, 11) is 1.98. The van der Waals surface area contributed by atoms with Crippen LogP contribution in [0.1, 0.15) is 0 Å². The van der Waals surface area contributed by atoms with E-state index in [2.05, 4.69) is 21.1 Å². The zero-order valence-corrected chi connectivity index (χ0v) is 10.6. The lowest BCUT2D eigenvalue weighted by molar-refractivity contribution is 0.856. The van der Waals surface area contributed by atoms with Crippen LogP contribution in [-0.2, 0) is 7.05 Å². The molecule has 0 aliphatic heterocycles. The van der Waals surface area contributed by atoms with Crippen LogP contribution in [0.5, 0.6) is 0 Å². The Morgan fingerprint density at radius 2 is 2.17 bits per heavy atom. The number of benzene rings is 1. The minimum atomic E-state index is 0.553. The molecule has 3 aromatic rings. The van der Waals surface area contributed by atoms with Crippen molar-refractivity contribution in [2.75, 3.05) is 5.75 Å². The number of aromatic nitrogens is 4. The summed E-state index contributed by atoms with van der Waals surface area (Å²) >= 11 is 1.42. The predicted octanol–water partition coefficient (Wildman–Crippen LogP) is 2.24. The fourth-order valence-corrected chi connectivity index (χ4v) is 2.42. The number of rotatable bonds is 2. The van der Waals surface area contributed by atoms with E-state index >= 15 is 0 Å². The number of aryl methyl sites for hydroxylation is 1. The Morgan fingerprint density at radius 1 is 1.33 bits per heavy atom. The molecular weight excluding hydrogens is 244 g/mol. The summed E-state index contributed by atoms with van der Waals surface area (Å²) in [4.78, 5) is 4.51.